The Morgan fingerprint density at radius 2 is 1.91 bits per heavy atom. The van der Waals surface area contributed by atoms with Gasteiger partial charge in [-0.2, -0.15) is 0 Å². The van der Waals surface area contributed by atoms with Crippen molar-refractivity contribution in [3.05, 3.63) is 59.9 Å². The molecule has 1 aromatic heterocycles. The van der Waals surface area contributed by atoms with Crippen LogP contribution in [0.25, 0.3) is 0 Å². The van der Waals surface area contributed by atoms with Crippen LogP contribution in [0, 0.1) is 6.92 Å². The van der Waals surface area contributed by atoms with Crippen molar-refractivity contribution in [2.75, 3.05) is 13.1 Å². The Kier molecular flexibility index (Phi) is 4.37. The average molecular weight is 296 g/mol. The summed E-state index contributed by atoms with van der Waals surface area (Å²) in [6, 6.07) is 11.4. The number of rotatable bonds is 3. The number of aryl methyl sites for hydroxylation is 1. The third-order valence-corrected chi connectivity index (χ3v) is 3.92. The van der Waals surface area contributed by atoms with Gasteiger partial charge < -0.3 is 9.64 Å². The molecule has 0 bridgehead atoms. The first-order valence-corrected chi connectivity index (χ1v) is 7.65. The SMILES string of the molecule is Cc1ccc(C(=O)N2CCCC(Oc3ccncc3)C2)cc1. The van der Waals surface area contributed by atoms with Crippen molar-refractivity contribution in [2.24, 2.45) is 0 Å². The van der Waals surface area contributed by atoms with Gasteiger partial charge in [-0.3, -0.25) is 9.78 Å². The first-order valence-electron chi connectivity index (χ1n) is 7.65. The molecule has 1 saturated heterocycles. The summed E-state index contributed by atoms with van der Waals surface area (Å²) in [6.07, 6.45) is 5.42. The minimum atomic E-state index is 0.0468. The number of ether oxygens (including phenoxy) is 1. The summed E-state index contributed by atoms with van der Waals surface area (Å²) in [6.45, 7) is 3.45. The predicted octanol–water partition coefficient (Wildman–Crippen LogP) is 3.07. The van der Waals surface area contributed by atoms with Gasteiger partial charge in [0.2, 0.25) is 0 Å². The second-order valence-corrected chi connectivity index (χ2v) is 5.68. The van der Waals surface area contributed by atoms with E-state index in [2.05, 4.69) is 4.98 Å². The highest BCUT2D eigenvalue weighted by molar-refractivity contribution is 5.94. The number of likely N-dealkylation sites (tertiary alicyclic amines) is 1. The Morgan fingerprint density at radius 3 is 2.64 bits per heavy atom. The van der Waals surface area contributed by atoms with Crippen LogP contribution in [0.15, 0.2) is 48.8 Å². The first kappa shape index (κ1) is 14.6. The molecule has 3 rings (SSSR count). The van der Waals surface area contributed by atoms with Crippen LogP contribution < -0.4 is 4.74 Å². The molecule has 1 amide bonds. The largest absolute Gasteiger partial charge is 0.488 e. The van der Waals surface area contributed by atoms with Crippen LogP contribution in [0.1, 0.15) is 28.8 Å². The molecule has 1 aliphatic rings. The van der Waals surface area contributed by atoms with Crippen LogP contribution in [0.5, 0.6) is 5.75 Å². The molecule has 1 fully saturated rings. The fraction of sp³-hybridized carbons (Fsp3) is 0.333. The molecule has 2 heterocycles. The van der Waals surface area contributed by atoms with Crippen molar-refractivity contribution < 1.29 is 9.53 Å². The lowest BCUT2D eigenvalue weighted by Gasteiger charge is -2.33. The third-order valence-electron chi connectivity index (χ3n) is 3.92. The fourth-order valence-electron chi connectivity index (χ4n) is 2.71. The number of benzene rings is 1. The van der Waals surface area contributed by atoms with Crippen molar-refractivity contribution in [3.8, 4) is 5.75 Å². The molecule has 1 aromatic carbocycles. The van der Waals surface area contributed by atoms with Crippen molar-refractivity contribution in [1.29, 1.82) is 0 Å². The number of amides is 1. The molecule has 4 nitrogen and oxygen atoms in total. The first-order chi connectivity index (χ1) is 10.7. The van der Waals surface area contributed by atoms with Crippen LogP contribution in [0.4, 0.5) is 0 Å². The van der Waals surface area contributed by atoms with E-state index in [0.29, 0.717) is 6.54 Å². The molecular formula is C18H20N2O2. The fourth-order valence-corrected chi connectivity index (χ4v) is 2.71. The number of hydrogen-bond acceptors (Lipinski definition) is 3. The normalized spacial score (nSPS) is 18.0. The highest BCUT2D eigenvalue weighted by Gasteiger charge is 2.25. The van der Waals surface area contributed by atoms with Crippen LogP contribution in [0.3, 0.4) is 0 Å². The van der Waals surface area contributed by atoms with E-state index < -0.39 is 0 Å². The van der Waals surface area contributed by atoms with E-state index in [9.17, 15) is 4.79 Å². The van der Waals surface area contributed by atoms with Gasteiger partial charge in [-0.15, -0.1) is 0 Å². The Bertz CT molecular complexity index is 625. The second kappa shape index (κ2) is 6.60. The standard InChI is InChI=1S/C18H20N2O2/c1-14-4-6-15(7-5-14)18(21)20-12-2-3-17(13-20)22-16-8-10-19-11-9-16/h4-11,17H,2-3,12-13H2,1H3. The number of piperidine rings is 1. The summed E-state index contributed by atoms with van der Waals surface area (Å²) in [5.74, 6) is 0.896. The van der Waals surface area contributed by atoms with E-state index in [1.165, 1.54) is 0 Å². The van der Waals surface area contributed by atoms with Crippen LogP contribution in [-0.4, -0.2) is 35.0 Å². The monoisotopic (exact) mass is 296 g/mol. The van der Waals surface area contributed by atoms with E-state index in [-0.39, 0.29) is 12.0 Å². The van der Waals surface area contributed by atoms with Gasteiger partial charge in [0.15, 0.2) is 0 Å². The maximum absolute atomic E-state index is 12.6. The predicted molar refractivity (Wildman–Crippen MR) is 85.0 cm³/mol. The second-order valence-electron chi connectivity index (χ2n) is 5.68. The molecule has 1 aliphatic heterocycles. The van der Waals surface area contributed by atoms with Crippen LogP contribution >= 0.6 is 0 Å². The van der Waals surface area contributed by atoms with E-state index in [0.717, 1.165) is 36.3 Å². The lowest BCUT2D eigenvalue weighted by Crippen LogP contribution is -2.44. The highest BCUT2D eigenvalue weighted by Crippen LogP contribution is 2.19. The van der Waals surface area contributed by atoms with E-state index in [1.807, 2.05) is 48.2 Å². The van der Waals surface area contributed by atoms with E-state index >= 15 is 0 Å². The van der Waals surface area contributed by atoms with Gasteiger partial charge in [-0.05, 0) is 44.0 Å². The number of pyridine rings is 1. The summed E-state index contributed by atoms with van der Waals surface area (Å²) in [7, 11) is 0. The summed E-state index contributed by atoms with van der Waals surface area (Å²) in [4.78, 5) is 18.4. The van der Waals surface area contributed by atoms with Crippen molar-refractivity contribution in [1.82, 2.24) is 9.88 Å². The average Bonchev–Trinajstić information content (AvgIpc) is 2.56. The summed E-state index contributed by atoms with van der Waals surface area (Å²) >= 11 is 0. The molecule has 1 atom stereocenters. The Hall–Kier alpha value is -2.36. The lowest BCUT2D eigenvalue weighted by atomic mass is 10.1. The van der Waals surface area contributed by atoms with Gasteiger partial charge in [0.1, 0.15) is 11.9 Å². The molecule has 4 heteroatoms. The van der Waals surface area contributed by atoms with Gasteiger partial charge in [0.05, 0.1) is 6.54 Å². The molecule has 22 heavy (non-hydrogen) atoms. The van der Waals surface area contributed by atoms with Crippen LogP contribution in [-0.2, 0) is 0 Å². The lowest BCUT2D eigenvalue weighted by molar-refractivity contribution is 0.0538. The summed E-state index contributed by atoms with van der Waals surface area (Å²) < 4.78 is 5.96. The zero-order valence-electron chi connectivity index (χ0n) is 12.7. The topological polar surface area (TPSA) is 42.4 Å². The third kappa shape index (κ3) is 3.45. The number of carbonyl (C=O) groups is 1. The molecule has 0 aliphatic carbocycles. The zero-order valence-corrected chi connectivity index (χ0v) is 12.7. The zero-order chi connectivity index (χ0) is 15.4. The number of nitrogens with zero attached hydrogens (tertiary/aromatic N) is 2. The number of hydrogen-bond donors (Lipinski definition) is 0. The molecule has 0 N–H and O–H groups in total. The Morgan fingerprint density at radius 1 is 1.18 bits per heavy atom. The molecule has 0 saturated carbocycles. The van der Waals surface area contributed by atoms with Crippen molar-refractivity contribution in [3.63, 3.8) is 0 Å². The molecule has 0 radical (unpaired) electrons. The van der Waals surface area contributed by atoms with Gasteiger partial charge in [-0.25, -0.2) is 0 Å². The minimum absolute atomic E-state index is 0.0468. The Balaban J connectivity index is 1.65. The van der Waals surface area contributed by atoms with Gasteiger partial charge in [0, 0.05) is 24.5 Å². The maximum atomic E-state index is 12.6. The highest BCUT2D eigenvalue weighted by atomic mass is 16.5. The number of aromatic nitrogens is 1. The van der Waals surface area contributed by atoms with Crippen LogP contribution in [0.2, 0.25) is 0 Å². The molecule has 2 aromatic rings. The van der Waals surface area contributed by atoms with Crippen molar-refractivity contribution >= 4 is 5.91 Å². The van der Waals surface area contributed by atoms with E-state index in [1.54, 1.807) is 12.4 Å². The van der Waals surface area contributed by atoms with Crippen molar-refractivity contribution in [2.45, 2.75) is 25.9 Å². The summed E-state index contributed by atoms with van der Waals surface area (Å²) in [5, 5.41) is 0. The molecule has 1 unspecified atom stereocenters. The van der Waals surface area contributed by atoms with Gasteiger partial charge in [0.25, 0.3) is 5.91 Å². The molecule has 0 spiro atoms. The molecular weight excluding hydrogens is 276 g/mol. The molecule has 114 valence electrons. The Labute approximate surface area is 130 Å². The van der Waals surface area contributed by atoms with E-state index in [4.69, 9.17) is 4.74 Å². The minimum Gasteiger partial charge on any atom is -0.488 e. The van der Waals surface area contributed by atoms with Gasteiger partial charge in [-0.1, -0.05) is 17.7 Å². The smallest absolute Gasteiger partial charge is 0.253 e. The quantitative estimate of drug-likeness (QED) is 0.874. The maximum Gasteiger partial charge on any atom is 0.253 e. The van der Waals surface area contributed by atoms with Gasteiger partial charge >= 0.3 is 0 Å². The number of carbonyl (C=O) groups excluding carboxylic acids is 1. The summed E-state index contributed by atoms with van der Waals surface area (Å²) in [5.41, 5.74) is 1.91.